The van der Waals surface area contributed by atoms with E-state index in [9.17, 15) is 18.7 Å². The van der Waals surface area contributed by atoms with Crippen LogP contribution in [0, 0.1) is 11.6 Å². The molecule has 4 nitrogen and oxygen atoms in total. The van der Waals surface area contributed by atoms with Gasteiger partial charge in [-0.3, -0.25) is 0 Å². The van der Waals surface area contributed by atoms with Crippen LogP contribution < -0.4 is 10.6 Å². The second kappa shape index (κ2) is 7.69. The van der Waals surface area contributed by atoms with Crippen molar-refractivity contribution in [2.45, 2.75) is 19.1 Å². The molecule has 23 heavy (non-hydrogen) atoms. The van der Waals surface area contributed by atoms with Gasteiger partial charge in [-0.15, -0.1) is 0 Å². The van der Waals surface area contributed by atoms with Gasteiger partial charge < -0.3 is 15.7 Å². The first-order valence-corrected chi connectivity index (χ1v) is 7.19. The van der Waals surface area contributed by atoms with Crippen LogP contribution in [0.5, 0.6) is 0 Å². The highest BCUT2D eigenvalue weighted by molar-refractivity contribution is 5.74. The number of hydrogen-bond acceptors (Lipinski definition) is 2. The summed E-state index contributed by atoms with van der Waals surface area (Å²) in [4.78, 5) is 11.8. The Hall–Kier alpha value is -2.47. The standard InChI is InChI=1S/C17H18F2N2O2/c1-11(12-5-7-14(18)8-6-12)21-17(23)20-10-16(22)13-3-2-4-15(19)9-13/h2-9,11,16,22H,10H2,1H3,(H2,20,21,23)/t11-,16-/m0/s1. The normalized spacial score (nSPS) is 13.2. The maximum atomic E-state index is 13.1. The first-order valence-electron chi connectivity index (χ1n) is 7.19. The molecular weight excluding hydrogens is 302 g/mol. The summed E-state index contributed by atoms with van der Waals surface area (Å²) in [5.41, 5.74) is 1.14. The molecule has 2 aromatic carbocycles. The highest BCUT2D eigenvalue weighted by Gasteiger charge is 2.12. The van der Waals surface area contributed by atoms with Gasteiger partial charge in [-0.05, 0) is 42.3 Å². The van der Waals surface area contributed by atoms with Crippen LogP contribution in [0.15, 0.2) is 48.5 Å². The molecular formula is C17H18F2N2O2. The molecule has 0 bridgehead atoms. The van der Waals surface area contributed by atoms with Crippen LogP contribution in [0.3, 0.4) is 0 Å². The molecule has 0 radical (unpaired) electrons. The zero-order valence-corrected chi connectivity index (χ0v) is 12.6. The minimum Gasteiger partial charge on any atom is -0.387 e. The summed E-state index contributed by atoms with van der Waals surface area (Å²) in [6, 6.07) is 10.6. The quantitative estimate of drug-likeness (QED) is 0.793. The minimum absolute atomic E-state index is 0.0502. The van der Waals surface area contributed by atoms with Crippen molar-refractivity contribution in [3.8, 4) is 0 Å². The number of aliphatic hydroxyl groups is 1. The maximum Gasteiger partial charge on any atom is 0.315 e. The van der Waals surface area contributed by atoms with Gasteiger partial charge in [0.2, 0.25) is 0 Å². The molecule has 2 amide bonds. The lowest BCUT2D eigenvalue weighted by Gasteiger charge is -2.17. The van der Waals surface area contributed by atoms with Gasteiger partial charge in [0, 0.05) is 6.54 Å². The fraction of sp³-hybridized carbons (Fsp3) is 0.235. The van der Waals surface area contributed by atoms with Gasteiger partial charge in [0.1, 0.15) is 11.6 Å². The molecule has 0 heterocycles. The number of nitrogens with one attached hydrogen (secondary N) is 2. The number of halogens is 2. The average Bonchev–Trinajstić information content (AvgIpc) is 2.53. The van der Waals surface area contributed by atoms with Crippen molar-refractivity contribution in [1.29, 1.82) is 0 Å². The SMILES string of the molecule is C[C@H](NC(=O)NC[C@H](O)c1cccc(F)c1)c1ccc(F)cc1. The fourth-order valence-corrected chi connectivity index (χ4v) is 2.10. The molecule has 2 aromatic rings. The molecule has 2 rings (SSSR count). The lowest BCUT2D eigenvalue weighted by atomic mass is 10.1. The van der Waals surface area contributed by atoms with E-state index in [1.165, 1.54) is 30.3 Å². The Morgan fingerprint density at radius 3 is 2.43 bits per heavy atom. The molecule has 0 unspecified atom stereocenters. The monoisotopic (exact) mass is 320 g/mol. The van der Waals surface area contributed by atoms with E-state index in [1.807, 2.05) is 0 Å². The number of amides is 2. The van der Waals surface area contributed by atoms with Crippen molar-refractivity contribution in [1.82, 2.24) is 10.6 Å². The Kier molecular flexibility index (Phi) is 5.65. The zero-order chi connectivity index (χ0) is 16.8. The Bertz CT molecular complexity index is 662. The Balaban J connectivity index is 1.83. The molecule has 6 heteroatoms. The maximum absolute atomic E-state index is 13.1. The van der Waals surface area contributed by atoms with Crippen LogP contribution in [-0.2, 0) is 0 Å². The van der Waals surface area contributed by atoms with E-state index in [-0.39, 0.29) is 18.4 Å². The number of carbonyl (C=O) groups excluding carboxylic acids is 1. The Morgan fingerprint density at radius 2 is 1.78 bits per heavy atom. The third kappa shape index (κ3) is 5.03. The van der Waals surface area contributed by atoms with Gasteiger partial charge in [0.15, 0.2) is 0 Å². The van der Waals surface area contributed by atoms with E-state index >= 15 is 0 Å². The summed E-state index contributed by atoms with van der Waals surface area (Å²) in [6.07, 6.45) is -1.00. The van der Waals surface area contributed by atoms with Crippen LogP contribution in [-0.4, -0.2) is 17.7 Å². The van der Waals surface area contributed by atoms with E-state index in [0.717, 1.165) is 5.56 Å². The molecule has 0 aliphatic heterocycles. The molecule has 3 N–H and O–H groups in total. The topological polar surface area (TPSA) is 61.4 Å². The van der Waals surface area contributed by atoms with E-state index < -0.39 is 18.0 Å². The second-order valence-corrected chi connectivity index (χ2v) is 5.20. The summed E-state index contributed by atoms with van der Waals surface area (Å²) < 4.78 is 25.9. The third-order valence-electron chi connectivity index (χ3n) is 3.41. The van der Waals surface area contributed by atoms with Crippen molar-refractivity contribution in [3.05, 3.63) is 71.3 Å². The molecule has 2 atom stereocenters. The van der Waals surface area contributed by atoms with Gasteiger partial charge in [-0.2, -0.15) is 0 Å². The van der Waals surface area contributed by atoms with Gasteiger partial charge in [0.05, 0.1) is 12.1 Å². The van der Waals surface area contributed by atoms with E-state index in [2.05, 4.69) is 10.6 Å². The highest BCUT2D eigenvalue weighted by Crippen LogP contribution is 2.14. The summed E-state index contributed by atoms with van der Waals surface area (Å²) in [5, 5.41) is 15.1. The predicted molar refractivity (Wildman–Crippen MR) is 82.7 cm³/mol. The fourth-order valence-electron chi connectivity index (χ4n) is 2.10. The first kappa shape index (κ1) is 16.9. The van der Waals surface area contributed by atoms with E-state index in [4.69, 9.17) is 0 Å². The summed E-state index contributed by atoms with van der Waals surface area (Å²) >= 11 is 0. The van der Waals surface area contributed by atoms with Gasteiger partial charge in [-0.25, -0.2) is 13.6 Å². The zero-order valence-electron chi connectivity index (χ0n) is 12.6. The van der Waals surface area contributed by atoms with Gasteiger partial charge in [0.25, 0.3) is 0 Å². The first-order chi connectivity index (χ1) is 11.0. The molecule has 0 spiro atoms. The van der Waals surface area contributed by atoms with E-state index in [1.54, 1.807) is 25.1 Å². The highest BCUT2D eigenvalue weighted by atomic mass is 19.1. The Morgan fingerprint density at radius 1 is 1.09 bits per heavy atom. The van der Waals surface area contributed by atoms with Crippen molar-refractivity contribution in [2.75, 3.05) is 6.54 Å². The number of benzene rings is 2. The number of urea groups is 1. The molecule has 0 saturated heterocycles. The molecule has 122 valence electrons. The van der Waals surface area contributed by atoms with Crippen molar-refractivity contribution in [2.24, 2.45) is 0 Å². The number of carbonyl (C=O) groups is 1. The summed E-state index contributed by atoms with van der Waals surface area (Å²) in [7, 11) is 0. The van der Waals surface area contributed by atoms with Crippen molar-refractivity contribution >= 4 is 6.03 Å². The van der Waals surface area contributed by atoms with Crippen molar-refractivity contribution < 1.29 is 18.7 Å². The lowest BCUT2D eigenvalue weighted by molar-refractivity contribution is 0.172. The van der Waals surface area contributed by atoms with Crippen molar-refractivity contribution in [3.63, 3.8) is 0 Å². The van der Waals surface area contributed by atoms with Crippen LogP contribution in [0.1, 0.15) is 30.2 Å². The van der Waals surface area contributed by atoms with Crippen LogP contribution in [0.25, 0.3) is 0 Å². The molecule has 0 aromatic heterocycles. The predicted octanol–water partition coefficient (Wildman–Crippen LogP) is 3.06. The van der Waals surface area contributed by atoms with E-state index in [0.29, 0.717) is 5.56 Å². The van der Waals surface area contributed by atoms with Crippen LogP contribution in [0.4, 0.5) is 13.6 Å². The number of aliphatic hydroxyl groups excluding tert-OH is 1. The average molecular weight is 320 g/mol. The largest absolute Gasteiger partial charge is 0.387 e. The molecule has 0 aliphatic carbocycles. The molecule has 0 saturated carbocycles. The van der Waals surface area contributed by atoms with Gasteiger partial charge >= 0.3 is 6.03 Å². The smallest absolute Gasteiger partial charge is 0.315 e. The number of rotatable bonds is 5. The minimum atomic E-state index is -1.00. The Labute approximate surface area is 133 Å². The third-order valence-corrected chi connectivity index (χ3v) is 3.41. The lowest BCUT2D eigenvalue weighted by Crippen LogP contribution is -2.39. The van der Waals surface area contributed by atoms with Gasteiger partial charge in [-0.1, -0.05) is 24.3 Å². The summed E-state index contributed by atoms with van der Waals surface area (Å²) in [5.74, 6) is -0.792. The molecule has 0 fully saturated rings. The molecule has 0 aliphatic rings. The second-order valence-electron chi connectivity index (χ2n) is 5.20. The number of hydrogen-bond donors (Lipinski definition) is 3. The van der Waals surface area contributed by atoms with Crippen LogP contribution in [0.2, 0.25) is 0 Å². The summed E-state index contributed by atoms with van der Waals surface area (Å²) in [6.45, 7) is 1.71. The van der Waals surface area contributed by atoms with Crippen LogP contribution >= 0.6 is 0 Å².